The number of carbonyl (C=O) groups excluding carboxylic acids is 2. The highest BCUT2D eigenvalue weighted by Crippen LogP contribution is 2.22. The van der Waals surface area contributed by atoms with Gasteiger partial charge in [-0.15, -0.1) is 0 Å². The number of hydrogen-bond donors (Lipinski definition) is 2. The summed E-state index contributed by atoms with van der Waals surface area (Å²) in [5.74, 6) is -3.83. The van der Waals surface area contributed by atoms with Crippen LogP contribution in [0.2, 0.25) is 0 Å². The van der Waals surface area contributed by atoms with Crippen LogP contribution in [0.3, 0.4) is 0 Å². The lowest BCUT2D eigenvalue weighted by molar-refractivity contribution is -0.118. The Hall–Kier alpha value is -2.27. The molecule has 2 rings (SSSR count). The van der Waals surface area contributed by atoms with Crippen molar-refractivity contribution in [3.05, 3.63) is 24.3 Å². The first kappa shape index (κ1) is 26.0. The van der Waals surface area contributed by atoms with Crippen molar-refractivity contribution in [2.75, 3.05) is 18.4 Å². The molecule has 0 aliphatic carbocycles. The summed E-state index contributed by atoms with van der Waals surface area (Å²) in [6, 6.07) is 4.32. The van der Waals surface area contributed by atoms with Gasteiger partial charge in [-0.2, -0.15) is 8.78 Å². The molecule has 2 unspecified atom stereocenters. The first-order valence-electron chi connectivity index (χ1n) is 10.4. The SMILES string of the molecule is CC(NC(=O)OC(C)(C)C)C1CCCCN1CC(=O)Nc1ccc(S(=O)(=O)C(F)F)cc1. The molecule has 1 saturated heterocycles. The summed E-state index contributed by atoms with van der Waals surface area (Å²) in [7, 11) is -4.68. The Bertz CT molecular complexity index is 901. The molecule has 1 aliphatic heterocycles. The third-order valence-electron chi connectivity index (χ3n) is 5.03. The Labute approximate surface area is 187 Å². The number of alkyl carbamates (subject to hydrolysis) is 1. The van der Waals surface area contributed by atoms with Gasteiger partial charge in [-0.3, -0.25) is 9.69 Å². The van der Waals surface area contributed by atoms with E-state index in [0.717, 1.165) is 31.4 Å². The van der Waals surface area contributed by atoms with Crippen molar-refractivity contribution in [2.24, 2.45) is 0 Å². The van der Waals surface area contributed by atoms with Crippen molar-refractivity contribution >= 4 is 27.5 Å². The summed E-state index contributed by atoms with van der Waals surface area (Å²) >= 11 is 0. The maximum atomic E-state index is 12.6. The van der Waals surface area contributed by atoms with Crippen LogP contribution in [0.25, 0.3) is 0 Å². The Morgan fingerprint density at radius 2 is 1.81 bits per heavy atom. The van der Waals surface area contributed by atoms with Crippen LogP contribution in [-0.2, 0) is 19.4 Å². The van der Waals surface area contributed by atoms with Gasteiger partial charge in [0.05, 0.1) is 11.4 Å². The second-order valence-corrected chi connectivity index (χ2v) is 10.8. The molecular formula is C21H31F2N3O5S. The quantitative estimate of drug-likeness (QED) is 0.626. The Balaban J connectivity index is 1.97. The van der Waals surface area contributed by atoms with Gasteiger partial charge in [-0.1, -0.05) is 6.42 Å². The molecule has 0 saturated carbocycles. The van der Waals surface area contributed by atoms with E-state index in [1.807, 2.05) is 11.8 Å². The largest absolute Gasteiger partial charge is 0.444 e. The summed E-state index contributed by atoms with van der Waals surface area (Å²) in [6.07, 6.45) is 2.19. The van der Waals surface area contributed by atoms with Crippen molar-refractivity contribution in [2.45, 2.75) is 75.3 Å². The third kappa shape index (κ3) is 7.40. The van der Waals surface area contributed by atoms with E-state index in [2.05, 4.69) is 10.6 Å². The van der Waals surface area contributed by atoms with Crippen LogP contribution in [-0.4, -0.2) is 61.8 Å². The molecule has 1 aromatic rings. The molecule has 2 N–H and O–H groups in total. The maximum Gasteiger partial charge on any atom is 0.407 e. The smallest absolute Gasteiger partial charge is 0.407 e. The number of likely N-dealkylation sites (tertiary alicyclic amines) is 1. The molecule has 0 radical (unpaired) electrons. The first-order valence-corrected chi connectivity index (χ1v) is 12.0. The van der Waals surface area contributed by atoms with Crippen LogP contribution in [0.1, 0.15) is 47.0 Å². The fraction of sp³-hybridized carbons (Fsp3) is 0.619. The zero-order valence-electron chi connectivity index (χ0n) is 18.7. The van der Waals surface area contributed by atoms with Crippen molar-refractivity contribution in [1.82, 2.24) is 10.2 Å². The predicted molar refractivity (Wildman–Crippen MR) is 116 cm³/mol. The lowest BCUT2D eigenvalue weighted by Gasteiger charge is -2.39. The lowest BCUT2D eigenvalue weighted by Crippen LogP contribution is -2.54. The minimum Gasteiger partial charge on any atom is -0.444 e. The van der Waals surface area contributed by atoms with Crippen molar-refractivity contribution in [3.63, 3.8) is 0 Å². The van der Waals surface area contributed by atoms with E-state index in [9.17, 15) is 26.8 Å². The maximum absolute atomic E-state index is 12.6. The fourth-order valence-electron chi connectivity index (χ4n) is 3.58. The zero-order chi connectivity index (χ0) is 24.1. The molecule has 1 fully saturated rings. The number of alkyl halides is 2. The minimum atomic E-state index is -4.68. The number of sulfone groups is 1. The van der Waals surface area contributed by atoms with E-state index < -0.39 is 32.2 Å². The zero-order valence-corrected chi connectivity index (χ0v) is 19.5. The summed E-state index contributed by atoms with van der Waals surface area (Å²) in [6.45, 7) is 7.97. The summed E-state index contributed by atoms with van der Waals surface area (Å²) in [5.41, 5.74) is -0.308. The van der Waals surface area contributed by atoms with Gasteiger partial charge in [0.1, 0.15) is 5.60 Å². The van der Waals surface area contributed by atoms with Crippen LogP contribution >= 0.6 is 0 Å². The van der Waals surface area contributed by atoms with E-state index in [1.54, 1.807) is 20.8 Å². The number of benzene rings is 1. The summed E-state index contributed by atoms with van der Waals surface area (Å²) in [4.78, 5) is 26.1. The van der Waals surface area contributed by atoms with E-state index in [-0.39, 0.29) is 24.5 Å². The van der Waals surface area contributed by atoms with Gasteiger partial charge in [-0.25, -0.2) is 13.2 Å². The highest BCUT2D eigenvalue weighted by atomic mass is 32.2. The summed E-state index contributed by atoms with van der Waals surface area (Å²) < 4.78 is 53.6. The van der Waals surface area contributed by atoms with Gasteiger partial charge in [-0.05, 0) is 71.3 Å². The molecule has 8 nitrogen and oxygen atoms in total. The molecule has 0 spiro atoms. The molecule has 0 aromatic heterocycles. The second kappa shape index (κ2) is 10.6. The number of hydrogen-bond acceptors (Lipinski definition) is 6. The topological polar surface area (TPSA) is 105 Å². The average molecular weight is 476 g/mol. The van der Waals surface area contributed by atoms with E-state index in [1.165, 1.54) is 12.1 Å². The number of halogens is 2. The molecule has 0 bridgehead atoms. The standard InChI is InChI=1S/C21H31F2N3O5S/c1-14(24-20(28)31-21(2,3)4)17-7-5-6-12-26(17)13-18(27)25-15-8-10-16(11-9-15)32(29,30)19(22)23/h8-11,14,17,19H,5-7,12-13H2,1-4H3,(H,24,28)(H,25,27). The first-order chi connectivity index (χ1) is 14.8. The van der Waals surface area contributed by atoms with Gasteiger partial charge in [0.15, 0.2) is 0 Å². The van der Waals surface area contributed by atoms with Crippen molar-refractivity contribution < 1.29 is 31.5 Å². The second-order valence-electron chi connectivity index (χ2n) is 8.85. The molecule has 2 atom stereocenters. The molecular weight excluding hydrogens is 444 g/mol. The normalized spacial score (nSPS) is 18.8. The molecule has 1 aliphatic rings. The molecule has 11 heteroatoms. The van der Waals surface area contributed by atoms with Crippen LogP contribution in [0, 0.1) is 0 Å². The fourth-order valence-corrected chi connectivity index (χ4v) is 4.31. The number of nitrogens with one attached hydrogen (secondary N) is 2. The van der Waals surface area contributed by atoms with Crippen LogP contribution in [0.4, 0.5) is 19.3 Å². The molecule has 180 valence electrons. The Kier molecular flexibility index (Phi) is 8.58. The number of piperidine rings is 1. The number of rotatable bonds is 7. The number of ether oxygens (including phenoxy) is 1. The Morgan fingerprint density at radius 3 is 2.38 bits per heavy atom. The van der Waals surface area contributed by atoms with Gasteiger partial charge >= 0.3 is 11.9 Å². The highest BCUT2D eigenvalue weighted by Gasteiger charge is 2.31. The van der Waals surface area contributed by atoms with Crippen molar-refractivity contribution in [3.8, 4) is 0 Å². The predicted octanol–water partition coefficient (Wildman–Crippen LogP) is 3.39. The van der Waals surface area contributed by atoms with E-state index in [0.29, 0.717) is 12.2 Å². The lowest BCUT2D eigenvalue weighted by atomic mass is 9.96. The number of nitrogens with zero attached hydrogens (tertiary/aromatic N) is 1. The Morgan fingerprint density at radius 1 is 1.19 bits per heavy atom. The monoisotopic (exact) mass is 475 g/mol. The highest BCUT2D eigenvalue weighted by molar-refractivity contribution is 7.91. The van der Waals surface area contributed by atoms with Crippen LogP contribution in [0.5, 0.6) is 0 Å². The van der Waals surface area contributed by atoms with Crippen LogP contribution in [0.15, 0.2) is 29.2 Å². The van der Waals surface area contributed by atoms with Gasteiger partial charge < -0.3 is 15.4 Å². The van der Waals surface area contributed by atoms with Gasteiger partial charge in [0.2, 0.25) is 15.7 Å². The third-order valence-corrected chi connectivity index (χ3v) is 6.43. The average Bonchev–Trinajstić information content (AvgIpc) is 2.67. The van der Waals surface area contributed by atoms with E-state index >= 15 is 0 Å². The van der Waals surface area contributed by atoms with Crippen molar-refractivity contribution in [1.29, 1.82) is 0 Å². The van der Waals surface area contributed by atoms with E-state index in [4.69, 9.17) is 4.74 Å². The molecule has 2 amide bonds. The number of carbonyl (C=O) groups is 2. The minimum absolute atomic E-state index is 0.0550. The number of anilines is 1. The van der Waals surface area contributed by atoms with Crippen LogP contribution < -0.4 is 10.6 Å². The molecule has 32 heavy (non-hydrogen) atoms. The summed E-state index contributed by atoms with van der Waals surface area (Å²) in [5, 5.41) is 5.49. The molecule has 1 heterocycles. The number of amides is 2. The van der Waals surface area contributed by atoms with Gasteiger partial charge in [0, 0.05) is 17.8 Å². The van der Waals surface area contributed by atoms with Gasteiger partial charge in [0.25, 0.3) is 0 Å². The molecule has 1 aromatic carbocycles.